The van der Waals surface area contributed by atoms with Crippen molar-refractivity contribution in [2.75, 3.05) is 26.0 Å². The van der Waals surface area contributed by atoms with Crippen molar-refractivity contribution in [3.63, 3.8) is 0 Å². The Morgan fingerprint density at radius 1 is 1.40 bits per heavy atom. The lowest BCUT2D eigenvalue weighted by Crippen LogP contribution is -2.53. The van der Waals surface area contributed by atoms with Gasteiger partial charge in [0.2, 0.25) is 5.91 Å². The number of carbonyl (C=O) groups excluding carboxylic acids is 2. The van der Waals surface area contributed by atoms with Gasteiger partial charge < -0.3 is 20.3 Å². The van der Waals surface area contributed by atoms with Gasteiger partial charge in [-0.25, -0.2) is 4.79 Å². The lowest BCUT2D eigenvalue weighted by molar-refractivity contribution is -0.130. The molecule has 1 saturated heterocycles. The first-order valence-electron chi connectivity index (χ1n) is 8.62. The number of amides is 3. The summed E-state index contributed by atoms with van der Waals surface area (Å²) in [4.78, 5) is 26.1. The number of fused-ring (bicyclic) bond motifs is 1. The first-order chi connectivity index (χ1) is 12.0. The molecule has 0 aromatic heterocycles. The van der Waals surface area contributed by atoms with Gasteiger partial charge in [0, 0.05) is 19.0 Å². The average molecular weight is 363 g/mol. The minimum atomic E-state index is -0.155. The third-order valence-corrected chi connectivity index (χ3v) is 6.33. The Bertz CT molecular complexity index is 667. The molecule has 2 heterocycles. The Balaban J connectivity index is 1.62. The van der Waals surface area contributed by atoms with Crippen molar-refractivity contribution in [3.05, 3.63) is 29.3 Å². The van der Waals surface area contributed by atoms with Crippen molar-refractivity contribution in [2.24, 2.45) is 5.92 Å². The molecule has 0 bridgehead atoms. The molecule has 0 spiro atoms. The Kier molecular flexibility index (Phi) is 5.42. The molecule has 7 heteroatoms. The summed E-state index contributed by atoms with van der Waals surface area (Å²) in [6, 6.07) is 5.97. The second kappa shape index (κ2) is 7.56. The summed E-state index contributed by atoms with van der Waals surface area (Å²) in [7, 11) is 1.67. The van der Waals surface area contributed by atoms with E-state index in [1.54, 1.807) is 7.11 Å². The van der Waals surface area contributed by atoms with E-state index in [1.807, 2.05) is 11.0 Å². The molecule has 3 amide bonds. The lowest BCUT2D eigenvalue weighted by atomic mass is 9.93. The number of urea groups is 1. The first-order valence-corrected chi connectivity index (χ1v) is 9.66. The van der Waals surface area contributed by atoms with E-state index in [2.05, 4.69) is 36.6 Å². The summed E-state index contributed by atoms with van der Waals surface area (Å²) >= 11 is 1.52. The third-order valence-electron chi connectivity index (χ3n) is 4.97. The van der Waals surface area contributed by atoms with E-state index >= 15 is 0 Å². The van der Waals surface area contributed by atoms with Crippen molar-refractivity contribution in [2.45, 2.75) is 31.7 Å². The van der Waals surface area contributed by atoms with Crippen LogP contribution >= 0.6 is 11.8 Å². The Labute approximate surface area is 152 Å². The van der Waals surface area contributed by atoms with Crippen LogP contribution in [0, 0.1) is 5.92 Å². The molecular weight excluding hydrogens is 338 g/mol. The number of ether oxygens (including phenoxy) is 1. The molecule has 1 aromatic carbocycles. The van der Waals surface area contributed by atoms with Gasteiger partial charge >= 0.3 is 6.03 Å². The number of hydrogen-bond donors (Lipinski definition) is 2. The smallest absolute Gasteiger partial charge is 0.315 e. The molecule has 0 aliphatic carbocycles. The normalized spacial score (nSPS) is 25.6. The largest absolute Gasteiger partial charge is 0.497 e. The number of nitrogens with one attached hydrogen (secondary N) is 2. The number of thioether (sulfide) groups is 1. The highest BCUT2D eigenvalue weighted by Crippen LogP contribution is 2.32. The summed E-state index contributed by atoms with van der Waals surface area (Å²) in [5.41, 5.74) is 2.44. The maximum Gasteiger partial charge on any atom is 0.315 e. The van der Waals surface area contributed by atoms with Crippen LogP contribution in [0.2, 0.25) is 0 Å². The van der Waals surface area contributed by atoms with Crippen molar-refractivity contribution >= 4 is 23.7 Å². The van der Waals surface area contributed by atoms with Gasteiger partial charge in [-0.1, -0.05) is 13.0 Å². The van der Waals surface area contributed by atoms with Gasteiger partial charge in [0.15, 0.2) is 0 Å². The molecule has 2 N–H and O–H groups in total. The van der Waals surface area contributed by atoms with Gasteiger partial charge in [0.25, 0.3) is 0 Å². The fourth-order valence-electron chi connectivity index (χ4n) is 3.41. The van der Waals surface area contributed by atoms with Crippen LogP contribution in [0.1, 0.15) is 31.0 Å². The van der Waals surface area contributed by atoms with E-state index in [-0.39, 0.29) is 23.4 Å². The Morgan fingerprint density at radius 3 is 2.96 bits per heavy atom. The van der Waals surface area contributed by atoms with Gasteiger partial charge in [-0.05, 0) is 36.6 Å². The van der Waals surface area contributed by atoms with Gasteiger partial charge in [-0.3, -0.25) is 4.79 Å². The van der Waals surface area contributed by atoms with Crippen molar-refractivity contribution < 1.29 is 14.3 Å². The van der Waals surface area contributed by atoms with Crippen LogP contribution in [-0.2, 0) is 11.2 Å². The maximum atomic E-state index is 12.7. The lowest BCUT2D eigenvalue weighted by Gasteiger charge is -2.36. The first kappa shape index (κ1) is 17.9. The topological polar surface area (TPSA) is 70.7 Å². The van der Waals surface area contributed by atoms with Crippen LogP contribution in [0.25, 0.3) is 0 Å². The van der Waals surface area contributed by atoms with Crippen LogP contribution in [0.4, 0.5) is 4.79 Å². The summed E-state index contributed by atoms with van der Waals surface area (Å²) in [6.45, 7) is 5.51. The van der Waals surface area contributed by atoms with E-state index in [0.29, 0.717) is 18.2 Å². The highest BCUT2D eigenvalue weighted by Gasteiger charge is 2.30. The molecule has 0 radical (unpaired) electrons. The van der Waals surface area contributed by atoms with E-state index in [4.69, 9.17) is 4.74 Å². The van der Waals surface area contributed by atoms with Gasteiger partial charge in [-0.2, -0.15) is 0 Å². The fraction of sp³-hybridized carbons (Fsp3) is 0.556. The van der Waals surface area contributed by atoms with Crippen molar-refractivity contribution in [3.8, 4) is 5.75 Å². The summed E-state index contributed by atoms with van der Waals surface area (Å²) in [5, 5.41) is 5.64. The number of rotatable bonds is 4. The van der Waals surface area contributed by atoms with E-state index in [1.165, 1.54) is 22.9 Å². The van der Waals surface area contributed by atoms with Crippen LogP contribution in [0.3, 0.4) is 0 Å². The monoisotopic (exact) mass is 363 g/mol. The highest BCUT2D eigenvalue weighted by molar-refractivity contribution is 8.00. The van der Waals surface area contributed by atoms with Gasteiger partial charge in [0.05, 0.1) is 24.3 Å². The molecular formula is C18H25N3O3S. The van der Waals surface area contributed by atoms with E-state index in [9.17, 15) is 9.59 Å². The minimum Gasteiger partial charge on any atom is -0.497 e. The van der Waals surface area contributed by atoms with E-state index < -0.39 is 0 Å². The number of hydrogen-bond acceptors (Lipinski definition) is 4. The number of carbonyl (C=O) groups is 2. The number of methoxy groups -OCH3 is 1. The molecule has 2 unspecified atom stereocenters. The minimum absolute atomic E-state index is 0.0191. The quantitative estimate of drug-likeness (QED) is 0.860. The number of benzene rings is 1. The molecule has 3 atom stereocenters. The standard InChI is InChI=1S/C18H25N3O3S/c1-11-9-19-18(23)20-17(11)25-10-16(22)21-7-6-13-8-14(24-3)4-5-15(13)12(21)2/h4-5,8,11-12,17H,6-7,9-10H2,1-3H3,(H2,19,20,23)/t11?,12-,17?/m1/s1. The molecule has 1 aromatic rings. The van der Waals surface area contributed by atoms with Crippen LogP contribution in [-0.4, -0.2) is 48.2 Å². The van der Waals surface area contributed by atoms with Crippen molar-refractivity contribution in [1.29, 1.82) is 0 Å². The predicted octanol–water partition coefficient (Wildman–Crippen LogP) is 2.15. The zero-order valence-corrected chi connectivity index (χ0v) is 15.7. The maximum absolute atomic E-state index is 12.7. The summed E-state index contributed by atoms with van der Waals surface area (Å²) in [5.74, 6) is 1.66. The van der Waals surface area contributed by atoms with E-state index in [0.717, 1.165) is 18.7 Å². The molecule has 2 aliphatic heterocycles. The van der Waals surface area contributed by atoms with Gasteiger partial charge in [-0.15, -0.1) is 11.8 Å². The SMILES string of the molecule is COc1ccc2c(c1)CCN(C(=O)CSC1NC(=O)NCC1C)[C@@H]2C. The van der Waals surface area contributed by atoms with Crippen LogP contribution in [0.15, 0.2) is 18.2 Å². The van der Waals surface area contributed by atoms with Crippen LogP contribution in [0.5, 0.6) is 5.75 Å². The molecule has 136 valence electrons. The molecule has 1 fully saturated rings. The second-order valence-electron chi connectivity index (χ2n) is 6.64. The number of nitrogens with zero attached hydrogens (tertiary/aromatic N) is 1. The molecule has 2 aliphatic rings. The second-order valence-corrected chi connectivity index (χ2v) is 7.77. The zero-order chi connectivity index (χ0) is 18.0. The van der Waals surface area contributed by atoms with Crippen molar-refractivity contribution in [1.82, 2.24) is 15.5 Å². The third kappa shape index (κ3) is 3.86. The predicted molar refractivity (Wildman–Crippen MR) is 98.8 cm³/mol. The van der Waals surface area contributed by atoms with Crippen LogP contribution < -0.4 is 15.4 Å². The Morgan fingerprint density at radius 2 is 2.20 bits per heavy atom. The highest BCUT2D eigenvalue weighted by atomic mass is 32.2. The summed E-state index contributed by atoms with van der Waals surface area (Å²) < 4.78 is 5.29. The fourth-order valence-corrected chi connectivity index (χ4v) is 4.51. The Hall–Kier alpha value is -1.89. The average Bonchev–Trinajstić information content (AvgIpc) is 2.62. The molecule has 6 nitrogen and oxygen atoms in total. The van der Waals surface area contributed by atoms with Gasteiger partial charge in [0.1, 0.15) is 5.75 Å². The molecule has 0 saturated carbocycles. The molecule has 3 rings (SSSR count). The summed E-state index contributed by atoms with van der Waals surface area (Å²) in [6.07, 6.45) is 0.841. The molecule has 25 heavy (non-hydrogen) atoms. The zero-order valence-electron chi connectivity index (χ0n) is 14.9.